The van der Waals surface area contributed by atoms with E-state index in [1.54, 1.807) is 6.07 Å². The third kappa shape index (κ3) is 2.62. The van der Waals surface area contributed by atoms with Gasteiger partial charge in [-0.15, -0.1) is 0 Å². The summed E-state index contributed by atoms with van der Waals surface area (Å²) < 4.78 is 28.8. The molecule has 1 saturated heterocycles. The maximum atomic E-state index is 12.2. The minimum absolute atomic E-state index is 0.101. The van der Waals surface area contributed by atoms with Gasteiger partial charge in [0.05, 0.1) is 18.9 Å². The van der Waals surface area contributed by atoms with Gasteiger partial charge in [-0.25, -0.2) is 18.4 Å². The number of aromatic nitrogens is 2. The highest BCUT2D eigenvalue weighted by molar-refractivity contribution is 7.91. The fourth-order valence-corrected chi connectivity index (χ4v) is 4.60. The van der Waals surface area contributed by atoms with Crippen molar-refractivity contribution in [1.29, 1.82) is 0 Å². The van der Waals surface area contributed by atoms with E-state index in [9.17, 15) is 8.42 Å². The van der Waals surface area contributed by atoms with Crippen molar-refractivity contribution in [3.63, 3.8) is 0 Å². The first-order valence-electron chi connectivity index (χ1n) is 7.00. The van der Waals surface area contributed by atoms with Crippen LogP contribution in [0.5, 0.6) is 0 Å². The van der Waals surface area contributed by atoms with Crippen molar-refractivity contribution < 1.29 is 13.2 Å². The van der Waals surface area contributed by atoms with Crippen LogP contribution in [0.3, 0.4) is 0 Å². The van der Waals surface area contributed by atoms with Gasteiger partial charge in [0.1, 0.15) is 10.6 Å². The van der Waals surface area contributed by atoms with E-state index < -0.39 is 14.6 Å². The first kappa shape index (κ1) is 15.0. The lowest BCUT2D eigenvalue weighted by Crippen LogP contribution is -2.43. The van der Waals surface area contributed by atoms with Gasteiger partial charge in [0.15, 0.2) is 9.84 Å². The Hall–Kier alpha value is -0.920. The number of rotatable bonds is 3. The zero-order valence-corrected chi connectivity index (χ0v) is 13.5. The highest BCUT2D eigenvalue weighted by Crippen LogP contribution is 2.47. The summed E-state index contributed by atoms with van der Waals surface area (Å²) in [6, 6.07) is 1.78. The molecular weight excluding hydrogens is 314 g/mol. The van der Waals surface area contributed by atoms with Crippen LogP contribution >= 0.6 is 11.6 Å². The smallest absolute Gasteiger partial charge is 0.224 e. The molecule has 0 spiro atoms. The Bertz CT molecular complexity index is 640. The number of anilines is 1. The Balaban J connectivity index is 2.01. The normalized spacial score (nSPS) is 21.9. The molecule has 0 atom stereocenters. The molecular formula is C13H18ClN3O3S. The van der Waals surface area contributed by atoms with E-state index in [0.717, 1.165) is 19.5 Å². The standard InChI is InChI=1S/C13H18ClN3O3S/c1-21(18,19)13(3-2-4-13)10-9-11(16-12(14)15-10)17-5-7-20-8-6-17/h9H,2-8H2,1H3. The second kappa shape index (κ2) is 5.37. The molecule has 1 aliphatic carbocycles. The lowest BCUT2D eigenvalue weighted by atomic mass is 9.81. The molecule has 0 amide bonds. The van der Waals surface area contributed by atoms with Gasteiger partial charge in [0.25, 0.3) is 0 Å². The highest BCUT2D eigenvalue weighted by Gasteiger charge is 2.49. The largest absolute Gasteiger partial charge is 0.378 e. The van der Waals surface area contributed by atoms with Crippen LogP contribution < -0.4 is 4.90 Å². The summed E-state index contributed by atoms with van der Waals surface area (Å²) in [6.45, 7) is 2.71. The maximum absolute atomic E-state index is 12.2. The van der Waals surface area contributed by atoms with Gasteiger partial charge in [-0.3, -0.25) is 0 Å². The van der Waals surface area contributed by atoms with Gasteiger partial charge in [0.2, 0.25) is 5.28 Å². The zero-order chi connectivity index (χ0) is 15.1. The fraction of sp³-hybridized carbons (Fsp3) is 0.692. The van der Waals surface area contributed by atoms with Crippen LogP contribution in [-0.4, -0.2) is 50.9 Å². The summed E-state index contributed by atoms with van der Waals surface area (Å²) in [5.74, 6) is 0.684. The van der Waals surface area contributed by atoms with Gasteiger partial charge in [0, 0.05) is 25.4 Å². The molecule has 1 aliphatic heterocycles. The van der Waals surface area contributed by atoms with Crippen molar-refractivity contribution in [3.8, 4) is 0 Å². The number of hydrogen-bond donors (Lipinski definition) is 0. The minimum Gasteiger partial charge on any atom is -0.378 e. The van der Waals surface area contributed by atoms with Crippen LogP contribution in [0.4, 0.5) is 5.82 Å². The lowest BCUT2D eigenvalue weighted by molar-refractivity contribution is 0.122. The summed E-state index contributed by atoms with van der Waals surface area (Å²) in [5, 5.41) is 0.101. The summed E-state index contributed by atoms with van der Waals surface area (Å²) in [5.41, 5.74) is 0.526. The number of morpholine rings is 1. The monoisotopic (exact) mass is 331 g/mol. The molecule has 2 heterocycles. The van der Waals surface area contributed by atoms with Crippen LogP contribution in [-0.2, 0) is 19.3 Å². The molecule has 0 radical (unpaired) electrons. The molecule has 1 aromatic rings. The lowest BCUT2D eigenvalue weighted by Gasteiger charge is -2.39. The third-order valence-corrected chi connectivity index (χ3v) is 6.56. The first-order valence-corrected chi connectivity index (χ1v) is 9.27. The molecule has 2 fully saturated rings. The Morgan fingerprint density at radius 2 is 1.95 bits per heavy atom. The summed E-state index contributed by atoms with van der Waals surface area (Å²) >= 11 is 6.03. The van der Waals surface area contributed by atoms with E-state index in [-0.39, 0.29) is 5.28 Å². The third-order valence-electron chi connectivity index (χ3n) is 4.36. The maximum Gasteiger partial charge on any atom is 0.224 e. The summed E-state index contributed by atoms with van der Waals surface area (Å²) in [4.78, 5) is 10.5. The van der Waals surface area contributed by atoms with E-state index >= 15 is 0 Å². The topological polar surface area (TPSA) is 72.4 Å². The minimum atomic E-state index is -3.24. The van der Waals surface area contributed by atoms with Crippen LogP contribution in [0, 0.1) is 0 Å². The fourth-order valence-electron chi connectivity index (χ4n) is 2.91. The Labute approximate surface area is 129 Å². The van der Waals surface area contributed by atoms with Gasteiger partial charge < -0.3 is 9.64 Å². The molecule has 8 heteroatoms. The molecule has 2 aliphatic rings. The average molecular weight is 332 g/mol. The average Bonchev–Trinajstić information content (AvgIpc) is 2.36. The van der Waals surface area contributed by atoms with Crippen molar-refractivity contribution in [2.24, 2.45) is 0 Å². The van der Waals surface area contributed by atoms with Crippen molar-refractivity contribution in [2.45, 2.75) is 24.0 Å². The van der Waals surface area contributed by atoms with Gasteiger partial charge in [-0.2, -0.15) is 0 Å². The van der Waals surface area contributed by atoms with E-state index in [0.29, 0.717) is 37.6 Å². The van der Waals surface area contributed by atoms with Crippen LogP contribution in [0.15, 0.2) is 6.07 Å². The number of hydrogen-bond acceptors (Lipinski definition) is 6. The number of halogens is 1. The molecule has 0 aromatic carbocycles. The summed E-state index contributed by atoms with van der Waals surface area (Å²) in [7, 11) is -3.24. The summed E-state index contributed by atoms with van der Waals surface area (Å²) in [6.07, 6.45) is 3.36. The molecule has 0 bridgehead atoms. The van der Waals surface area contributed by atoms with Crippen LogP contribution in [0.25, 0.3) is 0 Å². The van der Waals surface area contributed by atoms with Gasteiger partial charge in [-0.05, 0) is 30.9 Å². The zero-order valence-electron chi connectivity index (χ0n) is 11.9. The second-order valence-electron chi connectivity index (χ2n) is 5.60. The SMILES string of the molecule is CS(=O)(=O)C1(c2cc(N3CCOCC3)nc(Cl)n2)CCC1. The predicted octanol–water partition coefficient (Wildman–Crippen LogP) is 1.39. The van der Waals surface area contributed by atoms with Gasteiger partial charge >= 0.3 is 0 Å². The number of sulfone groups is 1. The molecule has 0 N–H and O–H groups in total. The van der Waals surface area contributed by atoms with Crippen molar-refractivity contribution >= 4 is 27.3 Å². The van der Waals surface area contributed by atoms with Gasteiger partial charge in [-0.1, -0.05) is 0 Å². The number of ether oxygens (including phenoxy) is 1. The van der Waals surface area contributed by atoms with E-state index in [2.05, 4.69) is 14.9 Å². The van der Waals surface area contributed by atoms with E-state index in [1.807, 2.05) is 0 Å². The molecule has 6 nitrogen and oxygen atoms in total. The molecule has 1 saturated carbocycles. The molecule has 0 unspecified atom stereocenters. The highest BCUT2D eigenvalue weighted by atomic mass is 35.5. The van der Waals surface area contributed by atoms with E-state index in [1.165, 1.54) is 6.26 Å². The Morgan fingerprint density at radius 1 is 1.29 bits per heavy atom. The molecule has 116 valence electrons. The van der Waals surface area contributed by atoms with E-state index in [4.69, 9.17) is 16.3 Å². The molecule has 1 aromatic heterocycles. The number of nitrogens with zero attached hydrogens (tertiary/aromatic N) is 3. The van der Waals surface area contributed by atoms with Crippen LogP contribution in [0.2, 0.25) is 5.28 Å². The van der Waals surface area contributed by atoms with Crippen molar-refractivity contribution in [1.82, 2.24) is 9.97 Å². The van der Waals surface area contributed by atoms with Crippen molar-refractivity contribution in [2.75, 3.05) is 37.5 Å². The Morgan fingerprint density at radius 3 is 2.48 bits per heavy atom. The molecule has 21 heavy (non-hydrogen) atoms. The first-order chi connectivity index (χ1) is 9.92. The predicted molar refractivity (Wildman–Crippen MR) is 80.4 cm³/mol. The Kier molecular flexibility index (Phi) is 3.83. The second-order valence-corrected chi connectivity index (χ2v) is 8.26. The molecule has 3 rings (SSSR count). The van der Waals surface area contributed by atoms with Crippen molar-refractivity contribution in [3.05, 3.63) is 17.0 Å². The quantitative estimate of drug-likeness (QED) is 0.779. The van der Waals surface area contributed by atoms with Crippen LogP contribution in [0.1, 0.15) is 25.0 Å².